The molecule has 7 heteroatoms. The molecule has 1 saturated heterocycles. The van der Waals surface area contributed by atoms with E-state index in [4.69, 9.17) is 5.73 Å². The third-order valence-electron chi connectivity index (χ3n) is 4.88. The van der Waals surface area contributed by atoms with E-state index in [-0.39, 0.29) is 0 Å². The smallest absolute Gasteiger partial charge is 0.325 e. The van der Waals surface area contributed by atoms with Gasteiger partial charge in [0.25, 0.3) is 0 Å². The van der Waals surface area contributed by atoms with E-state index in [1.165, 1.54) is 11.4 Å². The minimum atomic E-state index is -0.811. The average molecular weight is 381 g/mol. The summed E-state index contributed by atoms with van der Waals surface area (Å²) >= 11 is 0. The molecular weight excluding hydrogens is 354 g/mol. The molecule has 7 nitrogen and oxygen atoms in total. The molecule has 148 valence electrons. The summed E-state index contributed by atoms with van der Waals surface area (Å²) in [5.74, 6) is 0. The summed E-state index contributed by atoms with van der Waals surface area (Å²) in [6, 6.07) is 19.6. The lowest BCUT2D eigenvalue weighted by Gasteiger charge is -2.35. The number of hydrogen-bond donors (Lipinski definition) is 2. The number of hydrogen-bond acceptors (Lipinski definition) is 4. The van der Waals surface area contributed by atoms with Crippen LogP contribution >= 0.6 is 0 Å². The van der Waals surface area contributed by atoms with Crippen molar-refractivity contribution in [3.8, 4) is 0 Å². The van der Waals surface area contributed by atoms with Crippen molar-refractivity contribution in [2.45, 2.75) is 6.42 Å². The Bertz CT molecular complexity index is 721. The molecule has 0 unspecified atom stereocenters. The van der Waals surface area contributed by atoms with Gasteiger partial charge < -0.3 is 15.5 Å². The van der Waals surface area contributed by atoms with Crippen molar-refractivity contribution in [2.24, 2.45) is 5.73 Å². The van der Waals surface area contributed by atoms with Gasteiger partial charge in [0.2, 0.25) is 0 Å². The predicted octanol–water partition coefficient (Wildman–Crippen LogP) is 2.62. The van der Waals surface area contributed by atoms with Gasteiger partial charge in [0.1, 0.15) is 0 Å². The van der Waals surface area contributed by atoms with Crippen LogP contribution in [0, 0.1) is 0 Å². The molecule has 0 aromatic heterocycles. The van der Waals surface area contributed by atoms with Crippen LogP contribution < -0.4 is 16.0 Å². The van der Waals surface area contributed by atoms with E-state index in [9.17, 15) is 9.59 Å². The number of urea groups is 2. The zero-order valence-electron chi connectivity index (χ0n) is 16.0. The number of carbonyl (C=O) groups is 2. The largest absolute Gasteiger partial charge is 0.351 e. The van der Waals surface area contributed by atoms with Crippen molar-refractivity contribution in [3.05, 3.63) is 60.7 Å². The normalized spacial score (nSPS) is 14.5. The Morgan fingerprint density at radius 2 is 1.43 bits per heavy atom. The van der Waals surface area contributed by atoms with Gasteiger partial charge in [0, 0.05) is 44.1 Å². The Kier molecular flexibility index (Phi) is 6.86. The Labute approximate surface area is 165 Å². The predicted molar refractivity (Wildman–Crippen MR) is 111 cm³/mol. The molecule has 1 aliphatic heterocycles. The minimum absolute atomic E-state index is 0.411. The number of imide groups is 1. The van der Waals surface area contributed by atoms with E-state index in [1.807, 2.05) is 12.1 Å². The van der Waals surface area contributed by atoms with Gasteiger partial charge in [-0.1, -0.05) is 36.4 Å². The lowest BCUT2D eigenvalue weighted by atomic mass is 10.2. The van der Waals surface area contributed by atoms with E-state index >= 15 is 0 Å². The summed E-state index contributed by atoms with van der Waals surface area (Å²) in [5, 5.41) is 2.12. The number of anilines is 2. The van der Waals surface area contributed by atoms with Crippen LogP contribution in [0.5, 0.6) is 0 Å². The van der Waals surface area contributed by atoms with Crippen LogP contribution in [0.25, 0.3) is 0 Å². The molecule has 3 rings (SSSR count). The molecule has 0 atom stereocenters. The molecule has 0 spiro atoms. The summed E-state index contributed by atoms with van der Waals surface area (Å²) in [6.07, 6.45) is 1.01. The quantitative estimate of drug-likeness (QED) is 0.806. The first-order valence-corrected chi connectivity index (χ1v) is 9.59. The van der Waals surface area contributed by atoms with Crippen molar-refractivity contribution in [3.63, 3.8) is 0 Å². The molecule has 1 fully saturated rings. The van der Waals surface area contributed by atoms with Crippen LogP contribution in [0.1, 0.15) is 6.42 Å². The van der Waals surface area contributed by atoms with Crippen LogP contribution in [0.4, 0.5) is 21.0 Å². The molecule has 2 aromatic rings. The SMILES string of the molecule is NC(=O)NC(=O)N1CCN(CCCN(c2ccccc2)c2ccccc2)CC1. The van der Waals surface area contributed by atoms with Crippen molar-refractivity contribution in [1.29, 1.82) is 0 Å². The number of para-hydroxylation sites is 2. The number of amides is 4. The van der Waals surface area contributed by atoms with E-state index < -0.39 is 12.1 Å². The topological polar surface area (TPSA) is 81.9 Å². The molecule has 1 aliphatic rings. The van der Waals surface area contributed by atoms with Gasteiger partial charge in [-0.05, 0) is 37.2 Å². The van der Waals surface area contributed by atoms with Crippen LogP contribution in [0.3, 0.4) is 0 Å². The summed E-state index contributed by atoms with van der Waals surface area (Å²) < 4.78 is 0. The first kappa shape index (κ1) is 19.7. The number of carbonyl (C=O) groups excluding carboxylic acids is 2. The molecule has 1 heterocycles. The molecule has 4 amide bonds. The maximum absolute atomic E-state index is 11.8. The summed E-state index contributed by atoms with van der Waals surface area (Å²) in [6.45, 7) is 4.66. The minimum Gasteiger partial charge on any atom is -0.351 e. The third-order valence-corrected chi connectivity index (χ3v) is 4.88. The van der Waals surface area contributed by atoms with Gasteiger partial charge in [-0.3, -0.25) is 10.2 Å². The first-order valence-electron chi connectivity index (χ1n) is 9.59. The van der Waals surface area contributed by atoms with E-state index in [0.717, 1.165) is 32.6 Å². The number of rotatable bonds is 6. The maximum atomic E-state index is 11.8. The maximum Gasteiger partial charge on any atom is 0.325 e. The molecule has 2 aromatic carbocycles. The summed E-state index contributed by atoms with van der Waals surface area (Å²) in [5.41, 5.74) is 7.37. The zero-order valence-corrected chi connectivity index (χ0v) is 16.0. The van der Waals surface area contributed by atoms with Gasteiger partial charge in [0.15, 0.2) is 0 Å². The zero-order chi connectivity index (χ0) is 19.8. The lowest BCUT2D eigenvalue weighted by Crippen LogP contribution is -2.53. The van der Waals surface area contributed by atoms with E-state index in [2.05, 4.69) is 63.6 Å². The lowest BCUT2D eigenvalue weighted by molar-refractivity contribution is 0.140. The molecule has 28 heavy (non-hydrogen) atoms. The molecule has 0 saturated carbocycles. The van der Waals surface area contributed by atoms with Crippen LogP contribution in [-0.2, 0) is 0 Å². The van der Waals surface area contributed by atoms with Crippen LogP contribution in [-0.4, -0.2) is 61.1 Å². The van der Waals surface area contributed by atoms with Gasteiger partial charge in [0.05, 0.1) is 0 Å². The van der Waals surface area contributed by atoms with Gasteiger partial charge in [-0.2, -0.15) is 0 Å². The van der Waals surface area contributed by atoms with Gasteiger partial charge in [-0.15, -0.1) is 0 Å². The Morgan fingerprint density at radius 1 is 0.893 bits per heavy atom. The Hall–Kier alpha value is -3.06. The van der Waals surface area contributed by atoms with Crippen molar-refractivity contribution < 1.29 is 9.59 Å². The second-order valence-corrected chi connectivity index (χ2v) is 6.80. The second kappa shape index (κ2) is 9.75. The number of nitrogens with one attached hydrogen (secondary N) is 1. The highest BCUT2D eigenvalue weighted by molar-refractivity contribution is 5.92. The van der Waals surface area contributed by atoms with Gasteiger partial charge >= 0.3 is 12.1 Å². The van der Waals surface area contributed by atoms with Crippen LogP contribution in [0.15, 0.2) is 60.7 Å². The van der Waals surface area contributed by atoms with Crippen molar-refractivity contribution in [2.75, 3.05) is 44.2 Å². The van der Waals surface area contributed by atoms with Crippen molar-refractivity contribution >= 4 is 23.4 Å². The number of primary amides is 1. The fraction of sp³-hybridized carbons (Fsp3) is 0.333. The fourth-order valence-electron chi connectivity index (χ4n) is 3.43. The number of nitrogens with two attached hydrogens (primary N) is 1. The fourth-order valence-corrected chi connectivity index (χ4v) is 3.43. The molecule has 0 radical (unpaired) electrons. The van der Waals surface area contributed by atoms with Gasteiger partial charge in [-0.25, -0.2) is 9.59 Å². The number of piperazine rings is 1. The molecule has 0 bridgehead atoms. The highest BCUT2D eigenvalue weighted by Crippen LogP contribution is 2.25. The summed E-state index contributed by atoms with van der Waals surface area (Å²) in [4.78, 5) is 28.9. The number of benzene rings is 2. The standard InChI is InChI=1S/C21H27N5O2/c22-20(27)23-21(28)25-16-14-24(15-17-25)12-7-13-26(18-8-3-1-4-9-18)19-10-5-2-6-11-19/h1-6,8-11H,7,12-17H2,(H3,22,23,27,28). The molecule has 0 aliphatic carbocycles. The molecular formula is C21H27N5O2. The highest BCUT2D eigenvalue weighted by Gasteiger charge is 2.21. The monoisotopic (exact) mass is 381 g/mol. The first-order chi connectivity index (χ1) is 13.6. The van der Waals surface area contributed by atoms with E-state index in [1.54, 1.807) is 4.90 Å². The van der Waals surface area contributed by atoms with Crippen LogP contribution in [0.2, 0.25) is 0 Å². The summed E-state index contributed by atoms with van der Waals surface area (Å²) in [7, 11) is 0. The third kappa shape index (κ3) is 5.47. The van der Waals surface area contributed by atoms with Crippen molar-refractivity contribution in [1.82, 2.24) is 15.1 Å². The highest BCUT2D eigenvalue weighted by atomic mass is 16.2. The molecule has 3 N–H and O–H groups in total. The average Bonchev–Trinajstić information content (AvgIpc) is 2.72. The Balaban J connectivity index is 1.50. The van der Waals surface area contributed by atoms with E-state index in [0.29, 0.717) is 13.1 Å². The Morgan fingerprint density at radius 3 is 1.93 bits per heavy atom. The number of nitrogens with zero attached hydrogens (tertiary/aromatic N) is 3. The second-order valence-electron chi connectivity index (χ2n) is 6.80.